The molecule has 0 aliphatic heterocycles. The van der Waals surface area contributed by atoms with Crippen molar-refractivity contribution >= 4 is 35.2 Å². The minimum atomic E-state index is -0.620. The van der Waals surface area contributed by atoms with E-state index in [0.717, 1.165) is 0 Å². The maximum atomic E-state index is 12.3. The summed E-state index contributed by atoms with van der Waals surface area (Å²) in [6.07, 6.45) is 1.33. The second-order valence-corrected chi connectivity index (χ2v) is 5.09. The van der Waals surface area contributed by atoms with Gasteiger partial charge in [0.25, 0.3) is 5.91 Å². The van der Waals surface area contributed by atoms with Gasteiger partial charge in [0.15, 0.2) is 0 Å². The van der Waals surface area contributed by atoms with Crippen LogP contribution in [-0.4, -0.2) is 19.0 Å². The van der Waals surface area contributed by atoms with Gasteiger partial charge in [-0.25, -0.2) is 4.79 Å². The number of hydrogen-bond donors (Lipinski definition) is 1. The van der Waals surface area contributed by atoms with Crippen LogP contribution in [0.4, 0.5) is 5.69 Å². The molecule has 24 heavy (non-hydrogen) atoms. The molecule has 2 aromatic rings. The van der Waals surface area contributed by atoms with Crippen molar-refractivity contribution in [3.63, 3.8) is 0 Å². The number of esters is 1. The number of carbonyl (C=O) groups excluding carboxylic acids is 2. The zero-order chi connectivity index (χ0) is 17.5. The molecule has 1 amide bonds. The Morgan fingerprint density at radius 3 is 2.50 bits per heavy atom. The van der Waals surface area contributed by atoms with E-state index >= 15 is 0 Å². The van der Waals surface area contributed by atoms with Gasteiger partial charge in [-0.2, -0.15) is 5.26 Å². The molecule has 120 valence electrons. The number of amides is 1. The fraction of sp³-hybridized carbons (Fsp3) is 0.0556. The van der Waals surface area contributed by atoms with Crippen molar-refractivity contribution in [2.75, 3.05) is 12.4 Å². The summed E-state index contributed by atoms with van der Waals surface area (Å²) in [5.41, 5.74) is 0.909. The Balaban J connectivity index is 2.34. The van der Waals surface area contributed by atoms with E-state index in [9.17, 15) is 14.9 Å². The van der Waals surface area contributed by atoms with Crippen LogP contribution in [0.3, 0.4) is 0 Å². The molecule has 0 saturated carbocycles. The van der Waals surface area contributed by atoms with Gasteiger partial charge in [-0.15, -0.1) is 0 Å². The summed E-state index contributed by atoms with van der Waals surface area (Å²) in [5.74, 6) is -1.17. The van der Waals surface area contributed by atoms with Crippen molar-refractivity contribution in [3.8, 4) is 6.07 Å². The average Bonchev–Trinajstić information content (AvgIpc) is 2.61. The van der Waals surface area contributed by atoms with Gasteiger partial charge in [-0.1, -0.05) is 41.9 Å². The molecule has 0 fully saturated rings. The lowest BCUT2D eigenvalue weighted by atomic mass is 10.0. The van der Waals surface area contributed by atoms with Crippen LogP contribution in [0.2, 0.25) is 5.02 Å². The molecule has 6 heteroatoms. The van der Waals surface area contributed by atoms with Crippen LogP contribution < -0.4 is 5.32 Å². The van der Waals surface area contributed by atoms with Crippen molar-refractivity contribution in [3.05, 3.63) is 70.3 Å². The van der Waals surface area contributed by atoms with E-state index in [4.69, 9.17) is 16.3 Å². The zero-order valence-electron chi connectivity index (χ0n) is 12.7. The molecule has 1 N–H and O–H groups in total. The SMILES string of the molecule is COC(=O)c1ccccc1/C=C(\C#N)C(=O)Nc1ccccc1Cl. The lowest BCUT2D eigenvalue weighted by molar-refractivity contribution is -0.112. The first kappa shape index (κ1) is 17.3. The van der Waals surface area contributed by atoms with Crippen molar-refractivity contribution in [1.82, 2.24) is 0 Å². The van der Waals surface area contributed by atoms with E-state index in [0.29, 0.717) is 16.3 Å². The summed E-state index contributed by atoms with van der Waals surface area (Å²) in [5, 5.41) is 12.2. The zero-order valence-corrected chi connectivity index (χ0v) is 13.5. The first-order valence-corrected chi connectivity index (χ1v) is 7.29. The highest BCUT2D eigenvalue weighted by Gasteiger charge is 2.14. The fourth-order valence-corrected chi connectivity index (χ4v) is 2.16. The molecule has 0 bridgehead atoms. The van der Waals surface area contributed by atoms with Crippen molar-refractivity contribution in [2.45, 2.75) is 0 Å². The lowest BCUT2D eigenvalue weighted by Gasteiger charge is -2.07. The fourth-order valence-electron chi connectivity index (χ4n) is 1.98. The van der Waals surface area contributed by atoms with Crippen LogP contribution in [0.15, 0.2) is 54.1 Å². The Bertz CT molecular complexity index is 853. The van der Waals surface area contributed by atoms with Gasteiger partial charge >= 0.3 is 5.97 Å². The molecule has 0 spiro atoms. The Hall–Kier alpha value is -3.10. The highest BCUT2D eigenvalue weighted by molar-refractivity contribution is 6.34. The molecular weight excluding hydrogens is 328 g/mol. The number of hydrogen-bond acceptors (Lipinski definition) is 4. The maximum Gasteiger partial charge on any atom is 0.338 e. The highest BCUT2D eigenvalue weighted by atomic mass is 35.5. The number of benzene rings is 2. The number of methoxy groups -OCH3 is 1. The number of carbonyl (C=O) groups is 2. The largest absolute Gasteiger partial charge is 0.465 e. The van der Waals surface area contributed by atoms with Gasteiger partial charge in [0.05, 0.1) is 23.4 Å². The van der Waals surface area contributed by atoms with E-state index < -0.39 is 11.9 Å². The second kappa shape index (κ2) is 7.95. The predicted octanol–water partition coefficient (Wildman–Crippen LogP) is 3.67. The van der Waals surface area contributed by atoms with Crippen molar-refractivity contribution < 1.29 is 14.3 Å². The number of anilines is 1. The molecule has 5 nitrogen and oxygen atoms in total. The predicted molar refractivity (Wildman–Crippen MR) is 91.5 cm³/mol. The van der Waals surface area contributed by atoms with E-state index in [-0.39, 0.29) is 11.1 Å². The summed E-state index contributed by atoms with van der Waals surface area (Å²) in [6.45, 7) is 0. The molecule has 0 saturated heterocycles. The third-order valence-corrected chi connectivity index (χ3v) is 3.48. The second-order valence-electron chi connectivity index (χ2n) is 4.68. The van der Waals surface area contributed by atoms with Crippen LogP contribution in [0.1, 0.15) is 15.9 Å². The summed E-state index contributed by atoms with van der Waals surface area (Å²) >= 11 is 5.98. The molecule has 0 radical (unpaired) electrons. The minimum absolute atomic E-state index is 0.161. The monoisotopic (exact) mass is 340 g/mol. The first-order chi connectivity index (χ1) is 11.6. The average molecular weight is 341 g/mol. The Morgan fingerprint density at radius 1 is 1.17 bits per heavy atom. The number of nitrogens with zero attached hydrogens (tertiary/aromatic N) is 1. The third kappa shape index (κ3) is 4.00. The molecule has 0 aliphatic carbocycles. The topological polar surface area (TPSA) is 79.2 Å². The van der Waals surface area contributed by atoms with Crippen LogP contribution in [0.5, 0.6) is 0 Å². The maximum absolute atomic E-state index is 12.3. The van der Waals surface area contributed by atoms with Gasteiger partial charge in [0, 0.05) is 0 Å². The summed E-state index contributed by atoms with van der Waals surface area (Å²) in [7, 11) is 1.26. The van der Waals surface area contributed by atoms with Gasteiger partial charge < -0.3 is 10.1 Å². The van der Waals surface area contributed by atoms with E-state index in [1.165, 1.54) is 13.2 Å². The molecule has 0 aliphatic rings. The summed E-state index contributed by atoms with van der Waals surface area (Å²) in [4.78, 5) is 24.0. The highest BCUT2D eigenvalue weighted by Crippen LogP contribution is 2.21. The van der Waals surface area contributed by atoms with Crippen molar-refractivity contribution in [1.29, 1.82) is 5.26 Å². The molecule has 0 aromatic heterocycles. The van der Waals surface area contributed by atoms with Gasteiger partial charge in [0.1, 0.15) is 11.6 Å². The summed E-state index contributed by atoms with van der Waals surface area (Å²) in [6, 6.07) is 15.0. The molecule has 0 heterocycles. The first-order valence-electron chi connectivity index (χ1n) is 6.92. The Labute approximate surface area is 144 Å². The number of nitrogens with one attached hydrogen (secondary N) is 1. The molecule has 0 unspecified atom stereocenters. The standard InChI is InChI=1S/C18H13ClN2O3/c1-24-18(23)14-7-3-2-6-12(14)10-13(11-20)17(22)21-16-9-5-4-8-15(16)19/h2-10H,1H3,(H,21,22)/b13-10+. The smallest absolute Gasteiger partial charge is 0.338 e. The summed E-state index contributed by atoms with van der Waals surface area (Å²) < 4.78 is 4.69. The lowest BCUT2D eigenvalue weighted by Crippen LogP contribution is -2.14. The molecular formula is C18H13ClN2O3. The van der Waals surface area contributed by atoms with Gasteiger partial charge in [-0.3, -0.25) is 4.79 Å². The number of para-hydroxylation sites is 1. The quantitative estimate of drug-likeness (QED) is 0.523. The number of halogens is 1. The van der Waals surface area contributed by atoms with Crippen LogP contribution >= 0.6 is 11.6 Å². The number of nitriles is 1. The van der Waals surface area contributed by atoms with Crippen LogP contribution in [0.25, 0.3) is 6.08 Å². The van der Waals surface area contributed by atoms with Crippen molar-refractivity contribution in [2.24, 2.45) is 0 Å². The van der Waals surface area contributed by atoms with Gasteiger partial charge in [0.2, 0.25) is 0 Å². The third-order valence-electron chi connectivity index (χ3n) is 3.15. The number of ether oxygens (including phenoxy) is 1. The van der Waals surface area contributed by atoms with Crippen LogP contribution in [-0.2, 0) is 9.53 Å². The van der Waals surface area contributed by atoms with Gasteiger partial charge in [-0.05, 0) is 29.8 Å². The normalized spacial score (nSPS) is 10.6. The molecule has 2 rings (SSSR count). The minimum Gasteiger partial charge on any atom is -0.465 e. The van der Waals surface area contributed by atoms with E-state index in [2.05, 4.69) is 5.32 Å². The number of rotatable bonds is 4. The Kier molecular flexibility index (Phi) is 5.72. The van der Waals surface area contributed by atoms with Crippen LogP contribution in [0, 0.1) is 11.3 Å². The van der Waals surface area contributed by atoms with E-state index in [1.807, 2.05) is 6.07 Å². The Morgan fingerprint density at radius 2 is 1.83 bits per heavy atom. The molecule has 2 aromatic carbocycles. The van der Waals surface area contributed by atoms with E-state index in [1.54, 1.807) is 48.5 Å². The molecule has 0 atom stereocenters.